The summed E-state index contributed by atoms with van der Waals surface area (Å²) in [5.74, 6) is 1.04. The molecule has 0 amide bonds. The number of rotatable bonds is 5. The minimum absolute atomic E-state index is 0.0192. The molecule has 86 valence electrons. The summed E-state index contributed by atoms with van der Waals surface area (Å²) in [6.07, 6.45) is 0.872. The van der Waals surface area contributed by atoms with Crippen LogP contribution in [0.1, 0.15) is 31.7 Å². The van der Waals surface area contributed by atoms with E-state index in [0.717, 1.165) is 6.42 Å². The molecule has 0 spiro atoms. The third kappa shape index (κ3) is 4.03. The van der Waals surface area contributed by atoms with Gasteiger partial charge in [-0.3, -0.25) is 0 Å². The molecule has 1 heterocycles. The molecule has 1 aromatic heterocycles. The van der Waals surface area contributed by atoms with Gasteiger partial charge in [-0.1, -0.05) is 25.4 Å². The lowest BCUT2D eigenvalue weighted by Crippen LogP contribution is -2.15. The topological polar surface area (TPSA) is 60.2 Å². The summed E-state index contributed by atoms with van der Waals surface area (Å²) in [6, 6.07) is 1.66. The normalized spacial score (nSPS) is 14.1. The van der Waals surface area contributed by atoms with Crippen LogP contribution >= 0.6 is 0 Å². The molecule has 0 saturated carbocycles. The van der Waals surface area contributed by atoms with Crippen LogP contribution in [0.25, 0.3) is 0 Å². The number of sulfone groups is 1. The van der Waals surface area contributed by atoms with Gasteiger partial charge in [-0.2, -0.15) is 0 Å². The van der Waals surface area contributed by atoms with Crippen molar-refractivity contribution in [3.8, 4) is 0 Å². The Labute approximate surface area is 90.6 Å². The molecule has 4 nitrogen and oxygen atoms in total. The Balaban J connectivity index is 2.64. The molecule has 0 bridgehead atoms. The van der Waals surface area contributed by atoms with E-state index in [0.29, 0.717) is 11.5 Å². The Morgan fingerprint density at radius 3 is 2.67 bits per heavy atom. The van der Waals surface area contributed by atoms with Crippen molar-refractivity contribution < 1.29 is 12.9 Å². The fourth-order valence-corrected chi connectivity index (χ4v) is 3.13. The van der Waals surface area contributed by atoms with Crippen LogP contribution in [0, 0.1) is 12.8 Å². The maximum atomic E-state index is 11.7. The van der Waals surface area contributed by atoms with E-state index in [2.05, 4.69) is 5.16 Å². The summed E-state index contributed by atoms with van der Waals surface area (Å²) in [5, 5.41) is 3.68. The summed E-state index contributed by atoms with van der Waals surface area (Å²) in [4.78, 5) is 0. The lowest BCUT2D eigenvalue weighted by Gasteiger charge is -2.07. The first-order chi connectivity index (χ1) is 6.93. The summed E-state index contributed by atoms with van der Waals surface area (Å²) in [6.45, 7) is 5.67. The van der Waals surface area contributed by atoms with Crippen LogP contribution in [0.3, 0.4) is 0 Å². The van der Waals surface area contributed by atoms with Crippen molar-refractivity contribution in [2.75, 3.05) is 5.75 Å². The lowest BCUT2D eigenvalue weighted by molar-refractivity contribution is 0.392. The van der Waals surface area contributed by atoms with Gasteiger partial charge >= 0.3 is 0 Å². The van der Waals surface area contributed by atoms with Crippen molar-refractivity contribution in [2.24, 2.45) is 5.92 Å². The quantitative estimate of drug-likeness (QED) is 0.777. The average Bonchev–Trinajstić information content (AvgIpc) is 2.49. The number of nitrogens with zero attached hydrogens (tertiary/aromatic N) is 1. The monoisotopic (exact) mass is 231 g/mol. The molecule has 0 saturated heterocycles. The Kier molecular flexibility index (Phi) is 3.90. The minimum atomic E-state index is -3.06. The van der Waals surface area contributed by atoms with Crippen molar-refractivity contribution in [2.45, 2.75) is 32.9 Å². The molecule has 0 aliphatic carbocycles. The molecule has 1 rings (SSSR count). The van der Waals surface area contributed by atoms with Gasteiger partial charge in [0, 0.05) is 6.07 Å². The number of hydrogen-bond donors (Lipinski definition) is 0. The molecule has 0 aromatic carbocycles. The third-order valence-corrected chi connectivity index (χ3v) is 4.09. The van der Waals surface area contributed by atoms with Gasteiger partial charge in [0.1, 0.15) is 5.76 Å². The number of aromatic nitrogens is 1. The van der Waals surface area contributed by atoms with Gasteiger partial charge in [0.05, 0.1) is 17.2 Å². The fraction of sp³-hybridized carbons (Fsp3) is 0.700. The first-order valence-electron chi connectivity index (χ1n) is 5.05. The van der Waals surface area contributed by atoms with E-state index in [9.17, 15) is 8.42 Å². The molecule has 1 atom stereocenters. The molecule has 0 radical (unpaired) electrons. The largest absolute Gasteiger partial charge is 0.361 e. The highest BCUT2D eigenvalue weighted by atomic mass is 32.2. The van der Waals surface area contributed by atoms with Crippen molar-refractivity contribution in [3.63, 3.8) is 0 Å². The highest BCUT2D eigenvalue weighted by Crippen LogP contribution is 2.11. The van der Waals surface area contributed by atoms with Gasteiger partial charge in [0.2, 0.25) is 0 Å². The van der Waals surface area contributed by atoms with E-state index >= 15 is 0 Å². The molecule has 0 aliphatic heterocycles. The smallest absolute Gasteiger partial charge is 0.156 e. The van der Waals surface area contributed by atoms with Crippen LogP contribution in [-0.2, 0) is 15.6 Å². The second kappa shape index (κ2) is 4.79. The van der Waals surface area contributed by atoms with E-state index in [1.54, 1.807) is 13.0 Å². The zero-order valence-corrected chi connectivity index (χ0v) is 10.2. The highest BCUT2D eigenvalue weighted by Gasteiger charge is 2.17. The van der Waals surface area contributed by atoms with Crippen LogP contribution in [0.4, 0.5) is 0 Å². The van der Waals surface area contributed by atoms with Crippen molar-refractivity contribution in [3.05, 3.63) is 17.5 Å². The molecule has 15 heavy (non-hydrogen) atoms. The van der Waals surface area contributed by atoms with E-state index < -0.39 is 9.84 Å². The van der Waals surface area contributed by atoms with Gasteiger partial charge in [-0.05, 0) is 12.8 Å². The Morgan fingerprint density at radius 2 is 2.20 bits per heavy atom. The van der Waals surface area contributed by atoms with Crippen LogP contribution in [-0.4, -0.2) is 19.3 Å². The molecule has 1 aromatic rings. The van der Waals surface area contributed by atoms with Crippen LogP contribution in [0.15, 0.2) is 10.6 Å². The van der Waals surface area contributed by atoms with Crippen molar-refractivity contribution in [1.82, 2.24) is 5.16 Å². The first-order valence-corrected chi connectivity index (χ1v) is 6.87. The van der Waals surface area contributed by atoms with E-state index in [1.807, 2.05) is 13.8 Å². The van der Waals surface area contributed by atoms with Crippen LogP contribution in [0.2, 0.25) is 0 Å². The predicted octanol–water partition coefficient (Wildman–Crippen LogP) is 1.94. The van der Waals surface area contributed by atoms with Gasteiger partial charge in [-0.15, -0.1) is 0 Å². The fourth-order valence-electron chi connectivity index (χ4n) is 1.32. The summed E-state index contributed by atoms with van der Waals surface area (Å²) < 4.78 is 28.2. The standard InChI is InChI=1S/C10H17NO3S/c1-4-8(2)6-15(12,13)7-10-5-9(3)14-11-10/h5,8H,4,6-7H2,1-3H3/t8-/m0/s1. The molecular weight excluding hydrogens is 214 g/mol. The molecule has 5 heteroatoms. The molecule has 0 fully saturated rings. The zero-order chi connectivity index (χ0) is 11.5. The van der Waals surface area contributed by atoms with Gasteiger partial charge in [-0.25, -0.2) is 8.42 Å². The van der Waals surface area contributed by atoms with Crippen molar-refractivity contribution in [1.29, 1.82) is 0 Å². The molecule has 0 aliphatic rings. The molecular formula is C10H17NO3S. The van der Waals surface area contributed by atoms with Gasteiger partial charge < -0.3 is 4.52 Å². The van der Waals surface area contributed by atoms with E-state index in [-0.39, 0.29) is 17.4 Å². The van der Waals surface area contributed by atoms with Gasteiger partial charge in [0.25, 0.3) is 0 Å². The highest BCUT2D eigenvalue weighted by molar-refractivity contribution is 7.90. The Morgan fingerprint density at radius 1 is 1.53 bits per heavy atom. The second-order valence-corrected chi connectivity index (χ2v) is 6.11. The van der Waals surface area contributed by atoms with Crippen LogP contribution < -0.4 is 0 Å². The molecule has 0 N–H and O–H groups in total. The number of hydrogen-bond acceptors (Lipinski definition) is 4. The SMILES string of the molecule is CC[C@H](C)CS(=O)(=O)Cc1cc(C)on1. The van der Waals surface area contributed by atoms with E-state index in [4.69, 9.17) is 4.52 Å². The summed E-state index contributed by atoms with van der Waals surface area (Å²) in [7, 11) is -3.06. The minimum Gasteiger partial charge on any atom is -0.361 e. The third-order valence-electron chi connectivity index (χ3n) is 2.28. The Bertz CT molecular complexity index is 408. The first kappa shape index (κ1) is 12.2. The maximum Gasteiger partial charge on any atom is 0.156 e. The maximum absolute atomic E-state index is 11.7. The summed E-state index contributed by atoms with van der Waals surface area (Å²) >= 11 is 0. The van der Waals surface area contributed by atoms with Crippen molar-refractivity contribution >= 4 is 9.84 Å². The van der Waals surface area contributed by atoms with Crippen LogP contribution in [0.5, 0.6) is 0 Å². The summed E-state index contributed by atoms with van der Waals surface area (Å²) in [5.41, 5.74) is 0.496. The van der Waals surface area contributed by atoms with E-state index in [1.165, 1.54) is 0 Å². The zero-order valence-electron chi connectivity index (χ0n) is 9.36. The average molecular weight is 231 g/mol. The second-order valence-electron chi connectivity index (χ2n) is 4.00. The molecule has 0 unspecified atom stereocenters. The number of aryl methyl sites for hydroxylation is 1. The Hall–Kier alpha value is -0.840. The predicted molar refractivity (Wildman–Crippen MR) is 58.2 cm³/mol. The van der Waals surface area contributed by atoms with Gasteiger partial charge in [0.15, 0.2) is 9.84 Å². The lowest BCUT2D eigenvalue weighted by atomic mass is 10.2.